The highest BCUT2D eigenvalue weighted by molar-refractivity contribution is 6.42. The molecule has 0 bridgehead atoms. The number of hydrogen-bond donors (Lipinski definition) is 1. The molecule has 1 fully saturated rings. The van der Waals surface area contributed by atoms with Gasteiger partial charge in [0.15, 0.2) is 5.69 Å². The SMILES string of the molecule is O=C(O)c1coc(CN2CCCC(Oc3ccc(Cl)c(Cl)c3)C2)n1. The summed E-state index contributed by atoms with van der Waals surface area (Å²) in [6, 6.07) is 5.20. The van der Waals surface area contributed by atoms with Crippen molar-refractivity contribution in [3.8, 4) is 5.75 Å². The Morgan fingerprint density at radius 3 is 2.96 bits per heavy atom. The van der Waals surface area contributed by atoms with Crippen LogP contribution in [-0.4, -0.2) is 40.2 Å². The normalized spacial score (nSPS) is 18.5. The number of carboxylic acids is 1. The Balaban J connectivity index is 1.59. The Morgan fingerprint density at radius 2 is 2.25 bits per heavy atom. The number of carboxylic acid groups (broad SMARTS) is 1. The number of benzene rings is 1. The molecule has 1 saturated heterocycles. The molecule has 128 valence electrons. The molecule has 1 unspecified atom stereocenters. The summed E-state index contributed by atoms with van der Waals surface area (Å²) in [7, 11) is 0. The number of carbonyl (C=O) groups is 1. The van der Waals surface area contributed by atoms with Crippen molar-refractivity contribution in [2.45, 2.75) is 25.5 Å². The van der Waals surface area contributed by atoms with E-state index in [1.54, 1.807) is 18.2 Å². The monoisotopic (exact) mass is 370 g/mol. The third-order valence-electron chi connectivity index (χ3n) is 3.79. The van der Waals surface area contributed by atoms with Gasteiger partial charge in [-0.2, -0.15) is 0 Å². The summed E-state index contributed by atoms with van der Waals surface area (Å²) in [4.78, 5) is 16.9. The van der Waals surface area contributed by atoms with E-state index in [1.807, 2.05) is 0 Å². The molecule has 1 aliphatic rings. The van der Waals surface area contributed by atoms with E-state index in [0.717, 1.165) is 25.6 Å². The van der Waals surface area contributed by atoms with Crippen molar-refractivity contribution in [3.63, 3.8) is 0 Å². The van der Waals surface area contributed by atoms with Crippen LogP contribution in [0.15, 0.2) is 28.9 Å². The van der Waals surface area contributed by atoms with Gasteiger partial charge in [-0.05, 0) is 31.5 Å². The van der Waals surface area contributed by atoms with Crippen LogP contribution >= 0.6 is 23.2 Å². The predicted molar refractivity (Wildman–Crippen MR) is 88.9 cm³/mol. The van der Waals surface area contributed by atoms with Gasteiger partial charge in [-0.25, -0.2) is 9.78 Å². The first-order valence-corrected chi connectivity index (χ1v) is 8.28. The van der Waals surface area contributed by atoms with Crippen LogP contribution in [0.2, 0.25) is 10.0 Å². The average molecular weight is 371 g/mol. The van der Waals surface area contributed by atoms with Crippen LogP contribution in [0.3, 0.4) is 0 Å². The van der Waals surface area contributed by atoms with Gasteiger partial charge < -0.3 is 14.3 Å². The Morgan fingerprint density at radius 1 is 1.42 bits per heavy atom. The second kappa shape index (κ2) is 7.42. The molecule has 8 heteroatoms. The molecule has 2 heterocycles. The summed E-state index contributed by atoms with van der Waals surface area (Å²) in [5.41, 5.74) is -0.0781. The topological polar surface area (TPSA) is 75.8 Å². The molecule has 0 radical (unpaired) electrons. The molecule has 0 spiro atoms. The number of halogens is 2. The van der Waals surface area contributed by atoms with Crippen LogP contribution in [0.25, 0.3) is 0 Å². The smallest absolute Gasteiger partial charge is 0.357 e. The Labute approximate surface area is 148 Å². The number of likely N-dealkylation sites (tertiary alicyclic amines) is 1. The van der Waals surface area contributed by atoms with Crippen molar-refractivity contribution in [2.24, 2.45) is 0 Å². The van der Waals surface area contributed by atoms with Gasteiger partial charge in [0.05, 0.1) is 16.6 Å². The van der Waals surface area contributed by atoms with Gasteiger partial charge in [-0.15, -0.1) is 0 Å². The maximum absolute atomic E-state index is 10.8. The fraction of sp³-hybridized carbons (Fsp3) is 0.375. The van der Waals surface area contributed by atoms with E-state index >= 15 is 0 Å². The summed E-state index contributed by atoms with van der Waals surface area (Å²) in [6.45, 7) is 2.03. The molecule has 1 aromatic heterocycles. The summed E-state index contributed by atoms with van der Waals surface area (Å²) in [6.07, 6.45) is 3.08. The first kappa shape index (κ1) is 17.1. The molecule has 1 N–H and O–H groups in total. The fourth-order valence-corrected chi connectivity index (χ4v) is 2.96. The number of nitrogens with zero attached hydrogens (tertiary/aromatic N) is 2. The Hall–Kier alpha value is -1.76. The molecule has 6 nitrogen and oxygen atoms in total. The summed E-state index contributed by atoms with van der Waals surface area (Å²) >= 11 is 11.9. The molecule has 3 rings (SSSR count). The van der Waals surface area contributed by atoms with Gasteiger partial charge in [0.25, 0.3) is 0 Å². The highest BCUT2D eigenvalue weighted by atomic mass is 35.5. The third kappa shape index (κ3) is 4.20. The molecular formula is C16H16Cl2N2O4. The first-order chi connectivity index (χ1) is 11.5. The lowest BCUT2D eigenvalue weighted by atomic mass is 10.1. The Kier molecular flexibility index (Phi) is 5.28. The van der Waals surface area contributed by atoms with Crippen LogP contribution in [0.5, 0.6) is 5.75 Å². The minimum Gasteiger partial charge on any atom is -0.489 e. The molecule has 2 aromatic rings. The van der Waals surface area contributed by atoms with Crippen molar-refractivity contribution in [1.29, 1.82) is 0 Å². The zero-order valence-corrected chi connectivity index (χ0v) is 14.3. The van der Waals surface area contributed by atoms with Gasteiger partial charge in [-0.3, -0.25) is 4.90 Å². The van der Waals surface area contributed by atoms with Crippen molar-refractivity contribution in [3.05, 3.63) is 46.1 Å². The third-order valence-corrected chi connectivity index (χ3v) is 4.52. The maximum atomic E-state index is 10.8. The van der Waals surface area contributed by atoms with Crippen molar-refractivity contribution in [1.82, 2.24) is 9.88 Å². The second-order valence-electron chi connectivity index (χ2n) is 5.62. The van der Waals surface area contributed by atoms with Gasteiger partial charge in [0.2, 0.25) is 5.89 Å². The van der Waals surface area contributed by atoms with E-state index in [-0.39, 0.29) is 11.8 Å². The standard InChI is InChI=1S/C16H16Cl2N2O4/c17-12-4-3-10(6-13(12)18)24-11-2-1-5-20(7-11)8-15-19-14(9-23-15)16(21)22/h3-4,6,9,11H,1-2,5,7-8H2,(H,21,22). The van der Waals surface area contributed by atoms with Crippen molar-refractivity contribution >= 4 is 29.2 Å². The lowest BCUT2D eigenvalue weighted by Crippen LogP contribution is -2.40. The zero-order chi connectivity index (χ0) is 17.1. The summed E-state index contributed by atoms with van der Waals surface area (Å²) < 4.78 is 11.2. The number of aromatic nitrogens is 1. The molecule has 24 heavy (non-hydrogen) atoms. The molecule has 0 amide bonds. The molecule has 1 atom stereocenters. The van der Waals surface area contributed by atoms with Crippen LogP contribution in [0.4, 0.5) is 0 Å². The molecule has 0 aliphatic carbocycles. The van der Waals surface area contributed by atoms with Gasteiger partial charge in [0.1, 0.15) is 18.1 Å². The summed E-state index contributed by atoms with van der Waals surface area (Å²) in [5, 5.41) is 9.83. The van der Waals surface area contributed by atoms with E-state index in [1.165, 1.54) is 0 Å². The van der Waals surface area contributed by atoms with Gasteiger partial charge >= 0.3 is 5.97 Å². The summed E-state index contributed by atoms with van der Waals surface area (Å²) in [5.74, 6) is -0.0207. The number of ether oxygens (including phenoxy) is 1. The van der Waals surface area contributed by atoms with E-state index in [0.29, 0.717) is 34.8 Å². The van der Waals surface area contributed by atoms with Gasteiger partial charge in [-0.1, -0.05) is 23.2 Å². The minimum absolute atomic E-state index is 0.0184. The molecular weight excluding hydrogens is 355 g/mol. The van der Waals surface area contributed by atoms with E-state index < -0.39 is 5.97 Å². The van der Waals surface area contributed by atoms with Crippen molar-refractivity contribution in [2.75, 3.05) is 13.1 Å². The predicted octanol–water partition coefficient (Wildman–Crippen LogP) is 3.72. The van der Waals surface area contributed by atoms with E-state index in [4.69, 9.17) is 37.5 Å². The number of aromatic carboxylic acids is 1. The van der Waals surface area contributed by atoms with Crippen LogP contribution in [-0.2, 0) is 6.54 Å². The van der Waals surface area contributed by atoms with Crippen LogP contribution < -0.4 is 4.74 Å². The number of rotatable bonds is 5. The zero-order valence-electron chi connectivity index (χ0n) is 12.7. The molecule has 0 saturated carbocycles. The molecule has 1 aromatic carbocycles. The number of oxazole rings is 1. The fourth-order valence-electron chi connectivity index (χ4n) is 2.67. The van der Waals surface area contributed by atoms with Gasteiger partial charge in [0, 0.05) is 12.6 Å². The quantitative estimate of drug-likeness (QED) is 0.863. The Bertz CT molecular complexity index is 735. The van der Waals surface area contributed by atoms with E-state index in [9.17, 15) is 4.79 Å². The first-order valence-electron chi connectivity index (χ1n) is 7.53. The lowest BCUT2D eigenvalue weighted by Gasteiger charge is -2.32. The largest absolute Gasteiger partial charge is 0.489 e. The minimum atomic E-state index is -1.09. The van der Waals surface area contributed by atoms with Crippen molar-refractivity contribution < 1.29 is 19.1 Å². The highest BCUT2D eigenvalue weighted by Gasteiger charge is 2.23. The molecule has 1 aliphatic heterocycles. The average Bonchev–Trinajstić information content (AvgIpc) is 3.00. The van der Waals surface area contributed by atoms with Crippen LogP contribution in [0.1, 0.15) is 29.2 Å². The van der Waals surface area contributed by atoms with Crippen LogP contribution in [0, 0.1) is 0 Å². The van der Waals surface area contributed by atoms with E-state index in [2.05, 4.69) is 9.88 Å². The highest BCUT2D eigenvalue weighted by Crippen LogP contribution is 2.28. The maximum Gasteiger partial charge on any atom is 0.357 e. The number of piperidine rings is 1. The second-order valence-corrected chi connectivity index (χ2v) is 6.44. The lowest BCUT2D eigenvalue weighted by molar-refractivity contribution is 0.0689. The number of hydrogen-bond acceptors (Lipinski definition) is 5.